The van der Waals surface area contributed by atoms with Crippen molar-refractivity contribution in [1.82, 2.24) is 9.88 Å². The zero-order valence-corrected chi connectivity index (χ0v) is 10.2. The number of pyridine rings is 1. The standard InChI is InChI=1S/C13H17FN2O/c1-9(2)13(17)12-5-3-4-11(15-12)8-16-6-10(14)7-16/h3-5,9-10H,6-8H2,1-2H3. The van der Waals surface area contributed by atoms with E-state index in [-0.39, 0.29) is 11.7 Å². The highest BCUT2D eigenvalue weighted by molar-refractivity contribution is 5.95. The molecule has 1 saturated heterocycles. The minimum atomic E-state index is -0.699. The number of carbonyl (C=O) groups is 1. The van der Waals surface area contributed by atoms with E-state index in [1.165, 1.54) is 0 Å². The number of ketones is 1. The molecule has 92 valence electrons. The van der Waals surface area contributed by atoms with E-state index in [1.54, 1.807) is 6.07 Å². The fourth-order valence-electron chi connectivity index (χ4n) is 1.87. The van der Waals surface area contributed by atoms with Gasteiger partial charge in [0.2, 0.25) is 0 Å². The zero-order chi connectivity index (χ0) is 12.4. The minimum absolute atomic E-state index is 0.0445. The van der Waals surface area contributed by atoms with Crippen LogP contribution < -0.4 is 0 Å². The minimum Gasteiger partial charge on any atom is -0.292 e. The summed E-state index contributed by atoms with van der Waals surface area (Å²) in [6.45, 7) is 5.30. The molecule has 0 bridgehead atoms. The average Bonchev–Trinajstić information content (AvgIpc) is 2.26. The molecule has 3 nitrogen and oxygen atoms in total. The van der Waals surface area contributed by atoms with Gasteiger partial charge in [0, 0.05) is 25.6 Å². The second kappa shape index (κ2) is 4.92. The molecule has 1 aliphatic heterocycles. The van der Waals surface area contributed by atoms with Crippen LogP contribution in [0.1, 0.15) is 30.0 Å². The van der Waals surface area contributed by atoms with Gasteiger partial charge >= 0.3 is 0 Å². The Labute approximate surface area is 101 Å². The first-order valence-electron chi connectivity index (χ1n) is 5.93. The molecule has 17 heavy (non-hydrogen) atoms. The molecule has 0 aromatic carbocycles. The van der Waals surface area contributed by atoms with Gasteiger partial charge in [0.05, 0.1) is 5.69 Å². The maximum absolute atomic E-state index is 12.7. The van der Waals surface area contributed by atoms with Crippen molar-refractivity contribution in [1.29, 1.82) is 0 Å². The number of alkyl halides is 1. The van der Waals surface area contributed by atoms with Gasteiger partial charge in [-0.05, 0) is 12.1 Å². The Morgan fingerprint density at radius 2 is 2.24 bits per heavy atom. The lowest BCUT2D eigenvalue weighted by atomic mass is 10.1. The third kappa shape index (κ3) is 2.88. The highest BCUT2D eigenvalue weighted by Crippen LogP contribution is 2.15. The summed E-state index contributed by atoms with van der Waals surface area (Å²) >= 11 is 0. The molecule has 0 unspecified atom stereocenters. The SMILES string of the molecule is CC(C)C(=O)c1cccc(CN2CC(F)C2)n1. The van der Waals surface area contributed by atoms with Crippen LogP contribution in [0.25, 0.3) is 0 Å². The Morgan fingerprint density at radius 1 is 1.53 bits per heavy atom. The summed E-state index contributed by atoms with van der Waals surface area (Å²) in [6.07, 6.45) is -0.699. The lowest BCUT2D eigenvalue weighted by molar-refractivity contribution is 0.0579. The summed E-state index contributed by atoms with van der Waals surface area (Å²) in [4.78, 5) is 18.1. The predicted octanol–water partition coefficient (Wildman–Crippen LogP) is 2.07. The number of hydrogen-bond donors (Lipinski definition) is 0. The van der Waals surface area contributed by atoms with Gasteiger partial charge in [0.1, 0.15) is 11.9 Å². The van der Waals surface area contributed by atoms with Gasteiger partial charge in [-0.3, -0.25) is 9.69 Å². The van der Waals surface area contributed by atoms with E-state index < -0.39 is 6.17 Å². The highest BCUT2D eigenvalue weighted by Gasteiger charge is 2.26. The maximum Gasteiger partial charge on any atom is 0.183 e. The molecule has 0 saturated carbocycles. The van der Waals surface area contributed by atoms with Crippen LogP contribution >= 0.6 is 0 Å². The van der Waals surface area contributed by atoms with Crippen molar-refractivity contribution >= 4 is 5.78 Å². The molecular weight excluding hydrogens is 219 g/mol. The average molecular weight is 236 g/mol. The molecule has 0 amide bonds. The summed E-state index contributed by atoms with van der Waals surface area (Å²) in [5, 5.41) is 0. The molecule has 1 aliphatic rings. The van der Waals surface area contributed by atoms with Crippen LogP contribution in [-0.2, 0) is 6.54 Å². The lowest BCUT2D eigenvalue weighted by Gasteiger charge is -2.33. The second-order valence-electron chi connectivity index (χ2n) is 4.82. The Hall–Kier alpha value is -1.29. The van der Waals surface area contributed by atoms with Crippen LogP contribution in [0.15, 0.2) is 18.2 Å². The van der Waals surface area contributed by atoms with Crippen molar-refractivity contribution in [3.05, 3.63) is 29.6 Å². The van der Waals surface area contributed by atoms with E-state index in [9.17, 15) is 9.18 Å². The number of aromatic nitrogens is 1. The number of halogens is 1. The van der Waals surface area contributed by atoms with Crippen molar-refractivity contribution in [2.45, 2.75) is 26.6 Å². The number of nitrogens with zero attached hydrogens (tertiary/aromatic N) is 2. The van der Waals surface area contributed by atoms with E-state index in [0.29, 0.717) is 25.3 Å². The smallest absolute Gasteiger partial charge is 0.183 e. The summed E-state index contributed by atoms with van der Waals surface area (Å²) in [6, 6.07) is 5.45. The van der Waals surface area contributed by atoms with Crippen molar-refractivity contribution in [3.63, 3.8) is 0 Å². The Bertz CT molecular complexity index is 414. The third-order valence-corrected chi connectivity index (χ3v) is 2.88. The monoisotopic (exact) mass is 236 g/mol. The van der Waals surface area contributed by atoms with Crippen LogP contribution in [0.5, 0.6) is 0 Å². The molecule has 4 heteroatoms. The first-order chi connectivity index (χ1) is 8.06. The van der Waals surface area contributed by atoms with Gasteiger partial charge in [0.15, 0.2) is 5.78 Å². The van der Waals surface area contributed by atoms with E-state index >= 15 is 0 Å². The Morgan fingerprint density at radius 3 is 2.82 bits per heavy atom. The molecule has 1 fully saturated rings. The molecule has 0 spiro atoms. The number of likely N-dealkylation sites (tertiary alicyclic amines) is 1. The van der Waals surface area contributed by atoms with Gasteiger partial charge < -0.3 is 0 Å². The summed E-state index contributed by atoms with van der Waals surface area (Å²) in [5.41, 5.74) is 1.35. The van der Waals surface area contributed by atoms with Gasteiger partial charge in [-0.2, -0.15) is 0 Å². The maximum atomic E-state index is 12.7. The molecule has 2 heterocycles. The normalized spacial score (nSPS) is 17.2. The number of Topliss-reactive ketones (excluding diaryl/α,β-unsaturated/α-hetero) is 1. The van der Waals surface area contributed by atoms with Crippen LogP contribution in [0, 0.1) is 5.92 Å². The molecule has 0 N–H and O–H groups in total. The van der Waals surface area contributed by atoms with Crippen LogP contribution in [0.3, 0.4) is 0 Å². The van der Waals surface area contributed by atoms with Gasteiger partial charge in [-0.15, -0.1) is 0 Å². The Kier molecular flexibility index (Phi) is 3.52. The fraction of sp³-hybridized carbons (Fsp3) is 0.538. The van der Waals surface area contributed by atoms with Crippen LogP contribution in [0.2, 0.25) is 0 Å². The molecule has 0 radical (unpaired) electrons. The lowest BCUT2D eigenvalue weighted by Crippen LogP contribution is -2.47. The van der Waals surface area contributed by atoms with Crippen LogP contribution in [0.4, 0.5) is 4.39 Å². The zero-order valence-electron chi connectivity index (χ0n) is 10.2. The van der Waals surface area contributed by atoms with E-state index in [0.717, 1.165) is 5.69 Å². The first-order valence-corrected chi connectivity index (χ1v) is 5.93. The van der Waals surface area contributed by atoms with Gasteiger partial charge in [-0.1, -0.05) is 19.9 Å². The molecule has 1 aromatic rings. The number of rotatable bonds is 4. The molecule has 0 atom stereocenters. The largest absolute Gasteiger partial charge is 0.292 e. The summed E-state index contributed by atoms with van der Waals surface area (Å²) < 4.78 is 12.7. The second-order valence-corrected chi connectivity index (χ2v) is 4.82. The van der Waals surface area contributed by atoms with Crippen molar-refractivity contribution in [3.8, 4) is 0 Å². The quantitative estimate of drug-likeness (QED) is 0.750. The predicted molar refractivity (Wildman–Crippen MR) is 63.6 cm³/mol. The van der Waals surface area contributed by atoms with Crippen molar-refractivity contribution < 1.29 is 9.18 Å². The molecular formula is C13H17FN2O. The van der Waals surface area contributed by atoms with E-state index in [4.69, 9.17) is 0 Å². The molecule has 0 aliphatic carbocycles. The van der Waals surface area contributed by atoms with Crippen LogP contribution in [-0.4, -0.2) is 34.9 Å². The summed E-state index contributed by atoms with van der Waals surface area (Å²) in [5.74, 6) is 0.0100. The van der Waals surface area contributed by atoms with Crippen molar-refractivity contribution in [2.24, 2.45) is 5.92 Å². The topological polar surface area (TPSA) is 33.2 Å². The number of carbonyl (C=O) groups excluding carboxylic acids is 1. The highest BCUT2D eigenvalue weighted by atomic mass is 19.1. The fourth-order valence-corrected chi connectivity index (χ4v) is 1.87. The Balaban J connectivity index is 2.04. The van der Waals surface area contributed by atoms with Crippen molar-refractivity contribution in [2.75, 3.05) is 13.1 Å². The first kappa shape index (κ1) is 12.2. The number of hydrogen-bond acceptors (Lipinski definition) is 3. The summed E-state index contributed by atoms with van der Waals surface area (Å²) in [7, 11) is 0. The van der Waals surface area contributed by atoms with E-state index in [1.807, 2.05) is 30.9 Å². The van der Waals surface area contributed by atoms with Gasteiger partial charge in [-0.25, -0.2) is 9.37 Å². The molecule has 2 rings (SSSR count). The van der Waals surface area contributed by atoms with E-state index in [2.05, 4.69) is 4.98 Å². The molecule has 1 aromatic heterocycles. The third-order valence-electron chi connectivity index (χ3n) is 2.88. The van der Waals surface area contributed by atoms with Gasteiger partial charge in [0.25, 0.3) is 0 Å².